The van der Waals surface area contributed by atoms with Gasteiger partial charge in [0.2, 0.25) is 15.9 Å². The van der Waals surface area contributed by atoms with Crippen LogP contribution in [0.15, 0.2) is 59.5 Å². The molecule has 8 atom stereocenters. The third-order valence-electron chi connectivity index (χ3n) is 9.96. The van der Waals surface area contributed by atoms with Gasteiger partial charge in [-0.1, -0.05) is 62.9 Å². The summed E-state index contributed by atoms with van der Waals surface area (Å²) in [7, 11) is -3.65. The van der Waals surface area contributed by atoms with Gasteiger partial charge < -0.3 is 15.5 Å². The SMILES string of the molecule is C[C@@H]1[C@@H](NC(=O)[C@@H]2[C@H]([C@H](C)O)[C@H](CO)ON2Cc2cccc(C#CCNS(=O)(=O)c3ccccc3)c2)C[C@H]2C[C@@H]1C2(C)C. The van der Waals surface area contributed by atoms with Crippen LogP contribution in [-0.2, 0) is 26.2 Å². The minimum absolute atomic E-state index is 0.0499. The van der Waals surface area contributed by atoms with Crippen molar-refractivity contribution in [3.63, 3.8) is 0 Å². The van der Waals surface area contributed by atoms with Gasteiger partial charge in [0.05, 0.1) is 30.7 Å². The number of hydrogen-bond donors (Lipinski definition) is 4. The first-order valence-electron chi connectivity index (χ1n) is 15.1. The molecule has 43 heavy (non-hydrogen) atoms. The molecule has 4 N–H and O–H groups in total. The predicted molar refractivity (Wildman–Crippen MR) is 163 cm³/mol. The van der Waals surface area contributed by atoms with Gasteiger partial charge >= 0.3 is 0 Å². The molecule has 1 amide bonds. The fourth-order valence-electron chi connectivity index (χ4n) is 7.37. The Morgan fingerprint density at radius 2 is 1.91 bits per heavy atom. The number of nitrogens with zero attached hydrogens (tertiary/aromatic N) is 1. The van der Waals surface area contributed by atoms with E-state index in [0.717, 1.165) is 12.0 Å². The molecule has 1 saturated heterocycles. The molecule has 4 aliphatic rings. The topological polar surface area (TPSA) is 128 Å². The summed E-state index contributed by atoms with van der Waals surface area (Å²) in [4.78, 5) is 20.1. The normalized spacial score (nSPS) is 30.5. The number of amides is 1. The molecule has 4 fully saturated rings. The van der Waals surface area contributed by atoms with Gasteiger partial charge in [-0.2, -0.15) is 9.79 Å². The number of carbonyl (C=O) groups is 1. The van der Waals surface area contributed by atoms with E-state index < -0.39 is 34.2 Å². The molecular weight excluding hydrogens is 566 g/mol. The lowest BCUT2D eigenvalue weighted by Crippen LogP contribution is -2.62. The van der Waals surface area contributed by atoms with Crippen LogP contribution in [0.25, 0.3) is 0 Å². The Hall–Kier alpha value is -2.78. The zero-order valence-corrected chi connectivity index (χ0v) is 26.0. The number of rotatable bonds is 9. The van der Waals surface area contributed by atoms with E-state index in [1.165, 1.54) is 18.6 Å². The van der Waals surface area contributed by atoms with Crippen LogP contribution < -0.4 is 10.0 Å². The zero-order chi connectivity index (χ0) is 30.9. The average Bonchev–Trinajstić information content (AvgIpc) is 3.35. The third-order valence-corrected chi connectivity index (χ3v) is 11.4. The van der Waals surface area contributed by atoms with Gasteiger partial charge in [0.1, 0.15) is 12.1 Å². The molecule has 0 radical (unpaired) electrons. The maximum atomic E-state index is 13.8. The van der Waals surface area contributed by atoms with Crippen LogP contribution in [0.3, 0.4) is 0 Å². The minimum Gasteiger partial charge on any atom is -0.394 e. The number of fused-ring (bicyclic) bond motifs is 2. The highest BCUT2D eigenvalue weighted by Crippen LogP contribution is 2.61. The van der Waals surface area contributed by atoms with Crippen molar-refractivity contribution in [2.45, 2.75) is 76.3 Å². The highest BCUT2D eigenvalue weighted by atomic mass is 32.2. The van der Waals surface area contributed by atoms with E-state index in [1.807, 2.05) is 24.3 Å². The van der Waals surface area contributed by atoms with Gasteiger partial charge in [-0.15, -0.1) is 0 Å². The Kier molecular flexibility index (Phi) is 9.33. The Morgan fingerprint density at radius 1 is 1.16 bits per heavy atom. The molecule has 10 heteroatoms. The molecular formula is C33H43N3O6S. The van der Waals surface area contributed by atoms with Crippen LogP contribution in [-0.4, -0.2) is 67.0 Å². The summed E-state index contributed by atoms with van der Waals surface area (Å²) in [6, 6.07) is 14.8. The third kappa shape index (κ3) is 6.53. The molecule has 0 aromatic heterocycles. The number of aliphatic hydroxyl groups is 2. The molecule has 2 bridgehead atoms. The Bertz CT molecular complexity index is 1470. The molecule has 9 nitrogen and oxygen atoms in total. The fourth-order valence-corrected chi connectivity index (χ4v) is 8.32. The van der Waals surface area contributed by atoms with Crippen LogP contribution in [0.4, 0.5) is 0 Å². The van der Waals surface area contributed by atoms with Crippen molar-refractivity contribution in [3.05, 3.63) is 65.7 Å². The van der Waals surface area contributed by atoms with Crippen molar-refractivity contribution in [2.24, 2.45) is 29.1 Å². The maximum absolute atomic E-state index is 13.8. The summed E-state index contributed by atoms with van der Waals surface area (Å²) in [5.41, 5.74) is 1.81. The first-order chi connectivity index (χ1) is 20.4. The van der Waals surface area contributed by atoms with Gasteiger partial charge in [0.25, 0.3) is 0 Å². The summed E-state index contributed by atoms with van der Waals surface area (Å²) in [5.74, 6) is 6.57. The summed E-state index contributed by atoms with van der Waals surface area (Å²) >= 11 is 0. The van der Waals surface area contributed by atoms with E-state index in [4.69, 9.17) is 4.84 Å². The standard InChI is InChI=1S/C33H43N3O6S/c1-21-27-17-25(33(27,3)4)18-28(21)35-32(39)31-30(22(2)38)29(20-37)42-36(31)19-24-11-8-10-23(16-24)12-9-15-34-43(40,41)26-13-6-5-7-14-26/h5-8,10-11,13-14,16,21-22,25,27-31,34,37-38H,15,17-20H2,1-4H3,(H,35,39)/t21-,22-,25+,27-,28-,29-,30+,31-/m0/s1. The molecule has 3 aliphatic carbocycles. The van der Waals surface area contributed by atoms with E-state index in [1.54, 1.807) is 30.2 Å². The second kappa shape index (κ2) is 12.7. The highest BCUT2D eigenvalue weighted by Gasteiger charge is 2.57. The Morgan fingerprint density at radius 3 is 2.56 bits per heavy atom. The predicted octanol–water partition coefficient (Wildman–Crippen LogP) is 2.68. The molecule has 3 saturated carbocycles. The lowest BCUT2D eigenvalue weighted by atomic mass is 9.45. The molecule has 0 spiro atoms. The van der Waals surface area contributed by atoms with Crippen molar-refractivity contribution in [1.29, 1.82) is 0 Å². The van der Waals surface area contributed by atoms with E-state index in [-0.39, 0.29) is 36.5 Å². The summed E-state index contributed by atoms with van der Waals surface area (Å²) in [5, 5.41) is 25.6. The van der Waals surface area contributed by atoms with Crippen LogP contribution in [0, 0.1) is 40.9 Å². The monoisotopic (exact) mass is 609 g/mol. The molecule has 6 rings (SSSR count). The molecule has 2 aromatic carbocycles. The van der Waals surface area contributed by atoms with E-state index in [2.05, 4.69) is 42.7 Å². The molecule has 232 valence electrons. The van der Waals surface area contributed by atoms with Crippen molar-refractivity contribution in [2.75, 3.05) is 13.2 Å². The molecule has 1 aliphatic heterocycles. The Labute approximate surface area is 255 Å². The molecule has 1 heterocycles. The molecule has 2 aromatic rings. The first-order valence-corrected chi connectivity index (χ1v) is 16.6. The highest BCUT2D eigenvalue weighted by molar-refractivity contribution is 7.89. The first kappa shape index (κ1) is 31.6. The van der Waals surface area contributed by atoms with Crippen LogP contribution >= 0.6 is 0 Å². The lowest BCUT2D eigenvalue weighted by molar-refractivity contribution is -0.183. The van der Waals surface area contributed by atoms with Gasteiger partial charge in [-0.25, -0.2) is 8.42 Å². The van der Waals surface area contributed by atoms with Crippen LogP contribution in [0.1, 0.15) is 51.7 Å². The van der Waals surface area contributed by atoms with E-state index in [9.17, 15) is 23.4 Å². The number of aliphatic hydroxyl groups excluding tert-OH is 2. The van der Waals surface area contributed by atoms with Gasteiger partial charge in [-0.3, -0.25) is 9.63 Å². The van der Waals surface area contributed by atoms with Crippen LogP contribution in [0.2, 0.25) is 0 Å². The number of carbonyl (C=O) groups excluding carboxylic acids is 1. The summed E-state index contributed by atoms with van der Waals surface area (Å²) in [6.07, 6.45) is 0.563. The fraction of sp³-hybridized carbons (Fsp3) is 0.545. The van der Waals surface area contributed by atoms with E-state index >= 15 is 0 Å². The van der Waals surface area contributed by atoms with Gasteiger partial charge in [0.15, 0.2) is 0 Å². The van der Waals surface area contributed by atoms with Gasteiger partial charge in [0, 0.05) is 17.5 Å². The average molecular weight is 610 g/mol. The zero-order valence-electron chi connectivity index (χ0n) is 25.2. The van der Waals surface area contributed by atoms with Crippen molar-refractivity contribution in [3.8, 4) is 11.8 Å². The van der Waals surface area contributed by atoms with E-state index in [0.29, 0.717) is 28.7 Å². The molecule has 0 unspecified atom stereocenters. The Balaban J connectivity index is 1.27. The quantitative estimate of drug-likeness (QED) is 0.322. The largest absolute Gasteiger partial charge is 0.394 e. The van der Waals surface area contributed by atoms with Gasteiger partial charge in [-0.05, 0) is 72.8 Å². The summed E-state index contributed by atoms with van der Waals surface area (Å²) < 4.78 is 27.3. The van der Waals surface area contributed by atoms with Crippen molar-refractivity contribution in [1.82, 2.24) is 15.1 Å². The van der Waals surface area contributed by atoms with Crippen LogP contribution in [0.5, 0.6) is 0 Å². The number of hydrogen-bond acceptors (Lipinski definition) is 7. The van der Waals surface area contributed by atoms with Crippen molar-refractivity contribution < 1.29 is 28.3 Å². The van der Waals surface area contributed by atoms with Crippen molar-refractivity contribution >= 4 is 15.9 Å². The smallest absolute Gasteiger partial charge is 0.241 e. The number of hydroxylamine groups is 2. The minimum atomic E-state index is -3.65. The second-order valence-corrected chi connectivity index (χ2v) is 14.6. The second-order valence-electron chi connectivity index (χ2n) is 12.9. The lowest BCUT2D eigenvalue weighted by Gasteiger charge is -2.62. The number of sulfonamides is 1. The maximum Gasteiger partial charge on any atom is 0.241 e. The number of benzene rings is 2. The summed E-state index contributed by atoms with van der Waals surface area (Å²) in [6.45, 7) is 8.37. The number of nitrogens with one attached hydrogen (secondary N) is 2.